The molecule has 1 aliphatic rings. The summed E-state index contributed by atoms with van der Waals surface area (Å²) in [6, 6.07) is 10.7. The van der Waals surface area contributed by atoms with Crippen molar-refractivity contribution in [1.82, 2.24) is 4.90 Å². The molecule has 0 aromatic heterocycles. The molecule has 0 radical (unpaired) electrons. The Balaban J connectivity index is 0.000000980. The topological polar surface area (TPSA) is 3.24 Å². The van der Waals surface area contributed by atoms with E-state index in [1.54, 1.807) is 0 Å². The SMILES string of the molecule is Cl.c1ccc(CCN2CCSC2)cc1. The Morgan fingerprint density at radius 3 is 2.64 bits per heavy atom. The zero-order chi connectivity index (χ0) is 8.93. The molecule has 0 saturated carbocycles. The second-order valence-corrected chi connectivity index (χ2v) is 4.47. The Morgan fingerprint density at radius 2 is 2.00 bits per heavy atom. The first-order valence-electron chi connectivity index (χ1n) is 4.79. The first-order valence-corrected chi connectivity index (χ1v) is 5.94. The zero-order valence-corrected chi connectivity index (χ0v) is 9.82. The van der Waals surface area contributed by atoms with Crippen molar-refractivity contribution < 1.29 is 0 Å². The lowest BCUT2D eigenvalue weighted by Crippen LogP contribution is -2.22. The maximum absolute atomic E-state index is 2.53. The highest BCUT2D eigenvalue weighted by Crippen LogP contribution is 2.13. The van der Waals surface area contributed by atoms with Gasteiger partial charge in [-0.3, -0.25) is 4.90 Å². The maximum Gasteiger partial charge on any atom is 0.0445 e. The zero-order valence-electron chi connectivity index (χ0n) is 8.19. The lowest BCUT2D eigenvalue weighted by Gasteiger charge is -2.12. The normalized spacial score (nSPS) is 16.6. The second kappa shape index (κ2) is 6.33. The third kappa shape index (κ3) is 3.52. The molecule has 1 saturated heterocycles. The molecular formula is C11H16ClNS. The molecule has 78 valence electrons. The van der Waals surface area contributed by atoms with Crippen molar-refractivity contribution in [2.75, 3.05) is 24.7 Å². The van der Waals surface area contributed by atoms with Crippen molar-refractivity contribution in [2.45, 2.75) is 6.42 Å². The highest BCUT2D eigenvalue weighted by atomic mass is 35.5. The van der Waals surface area contributed by atoms with Crippen LogP contribution in [0.3, 0.4) is 0 Å². The number of halogens is 1. The van der Waals surface area contributed by atoms with Crippen LogP contribution in [-0.4, -0.2) is 29.6 Å². The Labute approximate surface area is 96.3 Å². The minimum atomic E-state index is 0. The number of hydrogen-bond donors (Lipinski definition) is 0. The molecule has 2 rings (SSSR count). The third-order valence-corrected chi connectivity index (χ3v) is 3.40. The van der Waals surface area contributed by atoms with E-state index in [0.717, 1.165) is 0 Å². The van der Waals surface area contributed by atoms with E-state index in [1.807, 2.05) is 11.8 Å². The molecule has 0 bridgehead atoms. The number of benzene rings is 1. The van der Waals surface area contributed by atoms with Crippen LogP contribution in [0.25, 0.3) is 0 Å². The van der Waals surface area contributed by atoms with Crippen LogP contribution in [0, 0.1) is 0 Å². The van der Waals surface area contributed by atoms with Crippen LogP contribution in [0.4, 0.5) is 0 Å². The first-order chi connectivity index (χ1) is 6.45. The molecule has 0 unspecified atom stereocenters. The number of rotatable bonds is 3. The lowest BCUT2D eigenvalue weighted by molar-refractivity contribution is 0.361. The fourth-order valence-electron chi connectivity index (χ4n) is 1.56. The van der Waals surface area contributed by atoms with Gasteiger partial charge in [-0.2, -0.15) is 0 Å². The van der Waals surface area contributed by atoms with Crippen LogP contribution >= 0.6 is 24.2 Å². The highest BCUT2D eigenvalue weighted by Gasteiger charge is 2.10. The Morgan fingerprint density at radius 1 is 1.21 bits per heavy atom. The van der Waals surface area contributed by atoms with Gasteiger partial charge in [-0.05, 0) is 12.0 Å². The van der Waals surface area contributed by atoms with Gasteiger partial charge < -0.3 is 0 Å². The van der Waals surface area contributed by atoms with Gasteiger partial charge in [0.05, 0.1) is 0 Å². The fourth-order valence-corrected chi connectivity index (χ4v) is 2.59. The van der Waals surface area contributed by atoms with E-state index in [-0.39, 0.29) is 12.4 Å². The summed E-state index contributed by atoms with van der Waals surface area (Å²) in [5, 5.41) is 0. The van der Waals surface area contributed by atoms with Gasteiger partial charge >= 0.3 is 0 Å². The predicted octanol–water partition coefficient (Wildman–Crippen LogP) is 2.66. The summed E-state index contributed by atoms with van der Waals surface area (Å²) >= 11 is 2.04. The molecule has 3 heteroatoms. The molecule has 1 aliphatic heterocycles. The predicted molar refractivity (Wildman–Crippen MR) is 66.3 cm³/mol. The molecule has 14 heavy (non-hydrogen) atoms. The van der Waals surface area contributed by atoms with E-state index in [2.05, 4.69) is 35.2 Å². The van der Waals surface area contributed by atoms with Gasteiger partial charge in [0.15, 0.2) is 0 Å². The van der Waals surface area contributed by atoms with Crippen molar-refractivity contribution in [1.29, 1.82) is 0 Å². The Kier molecular flexibility index (Phi) is 5.38. The summed E-state index contributed by atoms with van der Waals surface area (Å²) in [5.41, 5.74) is 1.46. The minimum Gasteiger partial charge on any atom is -0.293 e. The van der Waals surface area contributed by atoms with Crippen LogP contribution in [0.5, 0.6) is 0 Å². The number of hydrogen-bond acceptors (Lipinski definition) is 2. The second-order valence-electron chi connectivity index (χ2n) is 3.39. The van der Waals surface area contributed by atoms with Gasteiger partial charge in [-0.1, -0.05) is 30.3 Å². The number of nitrogens with zero attached hydrogens (tertiary/aromatic N) is 1. The molecule has 0 N–H and O–H groups in total. The molecule has 1 aromatic rings. The average Bonchev–Trinajstić information content (AvgIpc) is 2.69. The van der Waals surface area contributed by atoms with Gasteiger partial charge in [0.2, 0.25) is 0 Å². The van der Waals surface area contributed by atoms with Crippen LogP contribution in [0.1, 0.15) is 5.56 Å². The maximum atomic E-state index is 2.53. The van der Waals surface area contributed by atoms with E-state index in [1.165, 1.54) is 36.7 Å². The number of thioether (sulfide) groups is 1. The van der Waals surface area contributed by atoms with Crippen LogP contribution in [0.15, 0.2) is 30.3 Å². The molecule has 0 spiro atoms. The molecular weight excluding hydrogens is 214 g/mol. The third-order valence-electron chi connectivity index (χ3n) is 2.39. The summed E-state index contributed by atoms with van der Waals surface area (Å²) in [6.45, 7) is 2.49. The molecule has 1 heterocycles. The van der Waals surface area contributed by atoms with Crippen LogP contribution in [0.2, 0.25) is 0 Å². The Bertz CT molecular complexity index is 247. The summed E-state index contributed by atoms with van der Waals surface area (Å²) in [4.78, 5) is 2.53. The van der Waals surface area contributed by atoms with Crippen molar-refractivity contribution >= 4 is 24.2 Å². The van der Waals surface area contributed by atoms with Crippen molar-refractivity contribution in [3.05, 3.63) is 35.9 Å². The first kappa shape index (κ1) is 11.9. The van der Waals surface area contributed by atoms with Crippen LogP contribution in [-0.2, 0) is 6.42 Å². The summed E-state index contributed by atoms with van der Waals surface area (Å²) in [7, 11) is 0. The fraction of sp³-hybridized carbons (Fsp3) is 0.455. The summed E-state index contributed by atoms with van der Waals surface area (Å²) < 4.78 is 0. The summed E-state index contributed by atoms with van der Waals surface area (Å²) in [6.07, 6.45) is 1.20. The van der Waals surface area contributed by atoms with Gasteiger partial charge in [-0.25, -0.2) is 0 Å². The van der Waals surface area contributed by atoms with E-state index < -0.39 is 0 Å². The largest absolute Gasteiger partial charge is 0.293 e. The quantitative estimate of drug-likeness (QED) is 0.784. The van der Waals surface area contributed by atoms with E-state index >= 15 is 0 Å². The van der Waals surface area contributed by atoms with Crippen molar-refractivity contribution in [2.24, 2.45) is 0 Å². The van der Waals surface area contributed by atoms with Gasteiger partial charge in [-0.15, -0.1) is 24.2 Å². The van der Waals surface area contributed by atoms with Crippen molar-refractivity contribution in [3.63, 3.8) is 0 Å². The molecule has 1 nitrogen and oxygen atoms in total. The average molecular weight is 230 g/mol. The Hall–Kier alpha value is -0.180. The lowest BCUT2D eigenvalue weighted by atomic mass is 10.1. The molecule has 0 aliphatic carbocycles. The van der Waals surface area contributed by atoms with E-state index in [4.69, 9.17) is 0 Å². The molecule has 1 aromatic carbocycles. The van der Waals surface area contributed by atoms with Crippen molar-refractivity contribution in [3.8, 4) is 0 Å². The van der Waals surface area contributed by atoms with E-state index in [0.29, 0.717) is 0 Å². The monoisotopic (exact) mass is 229 g/mol. The molecule has 1 fully saturated rings. The highest BCUT2D eigenvalue weighted by molar-refractivity contribution is 7.99. The minimum absolute atomic E-state index is 0. The molecule has 0 atom stereocenters. The summed E-state index contributed by atoms with van der Waals surface area (Å²) in [5.74, 6) is 2.54. The molecule has 0 amide bonds. The smallest absolute Gasteiger partial charge is 0.0445 e. The van der Waals surface area contributed by atoms with Crippen LogP contribution < -0.4 is 0 Å². The van der Waals surface area contributed by atoms with Gasteiger partial charge in [0.25, 0.3) is 0 Å². The van der Waals surface area contributed by atoms with E-state index in [9.17, 15) is 0 Å². The van der Waals surface area contributed by atoms with Gasteiger partial charge in [0.1, 0.15) is 0 Å². The standard InChI is InChI=1S/C11H15NS.ClH/c1-2-4-11(5-3-1)6-7-12-8-9-13-10-12;/h1-5H,6-10H2;1H. The van der Waals surface area contributed by atoms with Gasteiger partial charge in [0, 0.05) is 24.7 Å².